The quantitative estimate of drug-likeness (QED) is 0.168. The fourth-order valence-electron chi connectivity index (χ4n) is 6.56. The molecule has 4 atom stereocenters. The summed E-state index contributed by atoms with van der Waals surface area (Å²) in [6, 6.07) is 22.5. The molecule has 4 aromatic rings. The van der Waals surface area contributed by atoms with Crippen LogP contribution in [0, 0.1) is 5.92 Å². The van der Waals surface area contributed by atoms with Crippen LogP contribution in [0.3, 0.4) is 0 Å². The van der Waals surface area contributed by atoms with E-state index in [1.807, 2.05) is 68.3 Å². The zero-order valence-electron chi connectivity index (χ0n) is 30.7. The summed E-state index contributed by atoms with van der Waals surface area (Å²) in [6.07, 6.45) is -2.60. The molecule has 0 fully saturated rings. The van der Waals surface area contributed by atoms with Gasteiger partial charge < -0.3 is 30.1 Å². The Hall–Kier alpha value is -4.65. The molecule has 1 heterocycles. The maximum absolute atomic E-state index is 14.5. The highest BCUT2D eigenvalue weighted by Crippen LogP contribution is 2.31. The topological polar surface area (TPSA) is 103 Å². The Morgan fingerprint density at radius 1 is 1.00 bits per heavy atom. The number of aliphatic hydroxyl groups excluding tert-OH is 1. The van der Waals surface area contributed by atoms with E-state index >= 15 is 0 Å². The van der Waals surface area contributed by atoms with Crippen LogP contribution in [0.1, 0.15) is 61.5 Å². The van der Waals surface area contributed by atoms with E-state index in [4.69, 9.17) is 9.47 Å². The number of likely N-dealkylation sites (N-methyl/N-ethyl adjacent to an activating group) is 1. The summed E-state index contributed by atoms with van der Waals surface area (Å²) in [5, 5.41) is 17.9. The number of anilines is 2. The number of nitrogens with one attached hydrogen (secondary N) is 2. The molecule has 0 radical (unpaired) electrons. The monoisotopic (exact) mass is 734 g/mol. The standard InChI is InChI=1S/C41H49F3N4O5/c1-27-23-48(28(2)26-49)39(50)35-22-33(45-40(51)46-36-14-9-12-31-11-5-6-13-34(31)36)19-20-37(35)53-29(3)10-7-8-21-52-38(27)25-47(4)24-30-15-17-32(18-16-30)41(42,43)44/h5-6,9,11-20,22,27-29,38,49H,7-8,10,21,23-26H2,1-4H3,(H2,45,46,51)/t27-,28-,29+,38+/m1/s1. The summed E-state index contributed by atoms with van der Waals surface area (Å²) in [4.78, 5) is 31.3. The van der Waals surface area contributed by atoms with Crippen molar-refractivity contribution in [1.82, 2.24) is 9.80 Å². The van der Waals surface area contributed by atoms with Gasteiger partial charge in [-0.25, -0.2) is 4.79 Å². The number of carbonyl (C=O) groups is 2. The van der Waals surface area contributed by atoms with Gasteiger partial charge >= 0.3 is 12.2 Å². The number of rotatable bonds is 8. The summed E-state index contributed by atoms with van der Waals surface area (Å²) in [7, 11) is 1.89. The molecule has 0 bridgehead atoms. The van der Waals surface area contributed by atoms with Gasteiger partial charge in [-0.05, 0) is 87.5 Å². The van der Waals surface area contributed by atoms with Crippen LogP contribution in [0.5, 0.6) is 5.75 Å². The van der Waals surface area contributed by atoms with Gasteiger partial charge in [0.15, 0.2) is 0 Å². The SMILES string of the molecule is C[C@@H]1CN([C@H](C)CO)C(=O)c2cc(NC(=O)Nc3cccc4ccccc34)ccc2O[C@@H](C)CCCCO[C@H]1CN(C)Cc1ccc(C(F)(F)F)cc1. The molecule has 0 spiro atoms. The number of amides is 3. The lowest BCUT2D eigenvalue weighted by Gasteiger charge is -2.36. The normalized spacial score (nSPS) is 19.6. The first kappa shape index (κ1) is 39.6. The predicted molar refractivity (Wildman–Crippen MR) is 201 cm³/mol. The number of halogens is 3. The molecular weight excluding hydrogens is 685 g/mol. The highest BCUT2D eigenvalue weighted by Gasteiger charge is 2.32. The summed E-state index contributed by atoms with van der Waals surface area (Å²) in [5.41, 5.74) is 1.33. The molecule has 0 unspecified atom stereocenters. The van der Waals surface area contributed by atoms with Gasteiger partial charge in [-0.15, -0.1) is 0 Å². The van der Waals surface area contributed by atoms with Crippen LogP contribution in [-0.2, 0) is 17.5 Å². The fourth-order valence-corrected chi connectivity index (χ4v) is 6.56. The Balaban J connectivity index is 1.36. The lowest BCUT2D eigenvalue weighted by molar-refractivity contribution is -0.137. The molecule has 0 saturated heterocycles. The van der Waals surface area contributed by atoms with E-state index < -0.39 is 23.8 Å². The van der Waals surface area contributed by atoms with Crippen molar-refractivity contribution < 1.29 is 37.3 Å². The summed E-state index contributed by atoms with van der Waals surface area (Å²) < 4.78 is 52.1. The van der Waals surface area contributed by atoms with E-state index in [2.05, 4.69) is 10.6 Å². The van der Waals surface area contributed by atoms with Crippen LogP contribution in [0.15, 0.2) is 84.9 Å². The molecular formula is C41H49F3N4O5. The van der Waals surface area contributed by atoms with Crippen LogP contribution in [0.25, 0.3) is 10.8 Å². The molecule has 0 aromatic heterocycles. The van der Waals surface area contributed by atoms with Gasteiger partial charge in [-0.3, -0.25) is 9.69 Å². The molecule has 1 aliphatic rings. The minimum absolute atomic E-state index is 0.193. The third-order valence-electron chi connectivity index (χ3n) is 9.57. The van der Waals surface area contributed by atoms with E-state index in [0.29, 0.717) is 36.8 Å². The van der Waals surface area contributed by atoms with E-state index in [0.717, 1.165) is 47.7 Å². The van der Waals surface area contributed by atoms with Gasteiger partial charge in [0, 0.05) is 43.2 Å². The molecule has 0 aliphatic carbocycles. The Morgan fingerprint density at radius 2 is 1.74 bits per heavy atom. The van der Waals surface area contributed by atoms with Gasteiger partial charge in [-0.1, -0.05) is 55.5 Å². The first-order valence-corrected chi connectivity index (χ1v) is 18.1. The highest BCUT2D eigenvalue weighted by atomic mass is 19.4. The zero-order chi connectivity index (χ0) is 38.1. The molecule has 3 N–H and O–H groups in total. The van der Waals surface area contributed by atoms with Crippen molar-refractivity contribution in [3.8, 4) is 5.75 Å². The summed E-state index contributed by atoms with van der Waals surface area (Å²) in [5.74, 6) is -0.180. The zero-order valence-corrected chi connectivity index (χ0v) is 30.7. The number of nitrogens with zero attached hydrogens (tertiary/aromatic N) is 2. The second-order valence-electron chi connectivity index (χ2n) is 14.0. The Morgan fingerprint density at radius 3 is 2.47 bits per heavy atom. The molecule has 12 heteroatoms. The number of benzene rings is 4. The Labute approximate surface area is 309 Å². The van der Waals surface area contributed by atoms with Gasteiger partial charge in [0.2, 0.25) is 0 Å². The van der Waals surface area contributed by atoms with E-state index in [1.165, 1.54) is 12.1 Å². The Bertz CT molecular complexity index is 1830. The largest absolute Gasteiger partial charge is 0.490 e. The molecule has 4 aromatic carbocycles. The maximum Gasteiger partial charge on any atom is 0.416 e. The number of urea groups is 1. The van der Waals surface area contributed by atoms with Crippen molar-refractivity contribution in [2.24, 2.45) is 5.92 Å². The Kier molecular flexibility index (Phi) is 13.4. The number of hydrogen-bond donors (Lipinski definition) is 3. The van der Waals surface area contributed by atoms with E-state index in [9.17, 15) is 27.9 Å². The number of alkyl halides is 3. The second-order valence-corrected chi connectivity index (χ2v) is 14.0. The van der Waals surface area contributed by atoms with Crippen LogP contribution >= 0.6 is 0 Å². The van der Waals surface area contributed by atoms with Gasteiger partial charge in [0.05, 0.1) is 41.7 Å². The molecule has 284 valence electrons. The maximum atomic E-state index is 14.5. The average molecular weight is 735 g/mol. The van der Waals surface area contributed by atoms with Crippen molar-refractivity contribution >= 4 is 34.1 Å². The lowest BCUT2D eigenvalue weighted by Crippen LogP contribution is -2.47. The smallest absolute Gasteiger partial charge is 0.416 e. The molecule has 9 nitrogen and oxygen atoms in total. The minimum atomic E-state index is -4.40. The van der Waals surface area contributed by atoms with Crippen molar-refractivity contribution in [1.29, 1.82) is 0 Å². The number of fused-ring (bicyclic) bond motifs is 2. The van der Waals surface area contributed by atoms with Crippen LogP contribution in [0.4, 0.5) is 29.3 Å². The van der Waals surface area contributed by atoms with Crippen molar-refractivity contribution in [2.75, 3.05) is 44.0 Å². The molecule has 53 heavy (non-hydrogen) atoms. The predicted octanol–water partition coefficient (Wildman–Crippen LogP) is 8.43. The van der Waals surface area contributed by atoms with Gasteiger partial charge in [0.1, 0.15) is 5.75 Å². The third kappa shape index (κ3) is 10.7. The van der Waals surface area contributed by atoms with Crippen molar-refractivity contribution in [3.63, 3.8) is 0 Å². The van der Waals surface area contributed by atoms with Crippen LogP contribution in [0.2, 0.25) is 0 Å². The first-order valence-electron chi connectivity index (χ1n) is 18.1. The molecule has 0 saturated carbocycles. The van der Waals surface area contributed by atoms with Crippen molar-refractivity contribution in [3.05, 3.63) is 102 Å². The van der Waals surface area contributed by atoms with E-state index in [-0.39, 0.29) is 42.7 Å². The van der Waals surface area contributed by atoms with E-state index in [1.54, 1.807) is 30.0 Å². The summed E-state index contributed by atoms with van der Waals surface area (Å²) >= 11 is 0. The second kappa shape index (κ2) is 17.9. The van der Waals surface area contributed by atoms with Gasteiger partial charge in [-0.2, -0.15) is 13.2 Å². The third-order valence-corrected chi connectivity index (χ3v) is 9.57. The molecule has 3 amide bonds. The average Bonchev–Trinajstić information content (AvgIpc) is 3.12. The fraction of sp³-hybridized carbons (Fsp3) is 0.415. The number of hydrogen-bond acceptors (Lipinski definition) is 6. The van der Waals surface area contributed by atoms with Gasteiger partial charge in [0.25, 0.3) is 5.91 Å². The number of aliphatic hydroxyl groups is 1. The van der Waals surface area contributed by atoms with Crippen LogP contribution in [-0.4, -0.2) is 78.4 Å². The first-order chi connectivity index (χ1) is 25.3. The van der Waals surface area contributed by atoms with Crippen molar-refractivity contribution in [2.45, 2.75) is 71.0 Å². The highest BCUT2D eigenvalue weighted by molar-refractivity contribution is 6.07. The minimum Gasteiger partial charge on any atom is -0.490 e. The number of ether oxygens (including phenoxy) is 2. The lowest BCUT2D eigenvalue weighted by atomic mass is 10.0. The molecule has 5 rings (SSSR count). The van der Waals surface area contributed by atoms with Crippen LogP contribution < -0.4 is 15.4 Å². The number of carbonyl (C=O) groups excluding carboxylic acids is 2. The molecule has 1 aliphatic heterocycles. The summed E-state index contributed by atoms with van der Waals surface area (Å²) in [6.45, 7) is 7.03.